The second-order valence-electron chi connectivity index (χ2n) is 8.44. The molecular formula is C24H41IOSi. The molecule has 1 fully saturated rings. The van der Waals surface area contributed by atoms with E-state index in [2.05, 4.69) is 53.0 Å². The van der Waals surface area contributed by atoms with Crippen LogP contribution in [0.5, 0.6) is 5.75 Å². The fourth-order valence-corrected chi connectivity index (χ4v) is 6.41. The Morgan fingerprint density at radius 3 is 2.22 bits per heavy atom. The molecule has 0 bridgehead atoms. The molecule has 0 aliphatic heterocycles. The van der Waals surface area contributed by atoms with E-state index in [9.17, 15) is 0 Å². The van der Waals surface area contributed by atoms with Gasteiger partial charge in [0.05, 0.1) is 13.6 Å². The van der Waals surface area contributed by atoms with Gasteiger partial charge in [-0.3, -0.25) is 0 Å². The second-order valence-corrected chi connectivity index (χ2v) is 12.8. The van der Waals surface area contributed by atoms with Crippen molar-refractivity contribution in [2.75, 3.05) is 6.61 Å². The van der Waals surface area contributed by atoms with E-state index in [1.807, 2.05) is 0 Å². The summed E-state index contributed by atoms with van der Waals surface area (Å²) >= 11 is 2.57. The van der Waals surface area contributed by atoms with Gasteiger partial charge in [-0.25, -0.2) is 0 Å². The van der Waals surface area contributed by atoms with Crippen LogP contribution in [0.3, 0.4) is 0 Å². The van der Waals surface area contributed by atoms with Crippen molar-refractivity contribution in [3.05, 3.63) is 29.8 Å². The van der Waals surface area contributed by atoms with E-state index < -0.39 is 0 Å². The standard InChI is InChI=1S/C24H41IOSi/c1-2-3-4-5-6-7-8-10-21-11-13-22(14-12-21)23-15-17-24(18-16-23)26-19-9-20-27-25/h15-18,21-22H,2-14,19-20,27H2,1H3. The monoisotopic (exact) mass is 500 g/mol. The minimum Gasteiger partial charge on any atom is -0.494 e. The van der Waals surface area contributed by atoms with Crippen molar-refractivity contribution in [3.8, 4) is 5.75 Å². The van der Waals surface area contributed by atoms with Crippen LogP contribution in [0.2, 0.25) is 6.04 Å². The topological polar surface area (TPSA) is 9.23 Å². The van der Waals surface area contributed by atoms with E-state index in [4.69, 9.17) is 4.74 Å². The second kappa shape index (κ2) is 14.9. The van der Waals surface area contributed by atoms with E-state index in [1.54, 1.807) is 0 Å². The highest BCUT2D eigenvalue weighted by atomic mass is 127. The Hall–Kier alpha value is -0.0331. The van der Waals surface area contributed by atoms with Crippen LogP contribution in [0.4, 0.5) is 0 Å². The molecule has 0 N–H and O–H groups in total. The van der Waals surface area contributed by atoms with Crippen LogP contribution >= 0.6 is 21.8 Å². The summed E-state index contributed by atoms with van der Waals surface area (Å²) in [5, 5.41) is 0. The van der Waals surface area contributed by atoms with Crippen molar-refractivity contribution in [1.82, 2.24) is 0 Å². The molecule has 0 heterocycles. The first-order valence-electron chi connectivity index (χ1n) is 11.6. The van der Waals surface area contributed by atoms with Gasteiger partial charge in [0.15, 0.2) is 0 Å². The molecule has 1 aliphatic rings. The molecule has 0 aromatic heterocycles. The molecule has 0 atom stereocenters. The number of hydrogen-bond acceptors (Lipinski definition) is 1. The van der Waals surface area contributed by atoms with Crippen molar-refractivity contribution in [2.24, 2.45) is 5.92 Å². The minimum atomic E-state index is 0.167. The van der Waals surface area contributed by atoms with E-state index in [0.717, 1.165) is 24.2 Å². The normalized spacial score (nSPS) is 20.4. The number of hydrogen-bond donors (Lipinski definition) is 0. The largest absolute Gasteiger partial charge is 0.494 e. The van der Waals surface area contributed by atoms with Crippen molar-refractivity contribution in [3.63, 3.8) is 0 Å². The molecule has 0 spiro atoms. The summed E-state index contributed by atoms with van der Waals surface area (Å²) < 4.78 is 5.87. The lowest BCUT2D eigenvalue weighted by atomic mass is 9.77. The lowest BCUT2D eigenvalue weighted by Crippen LogP contribution is -2.13. The molecule has 0 saturated heterocycles. The van der Waals surface area contributed by atoms with Crippen molar-refractivity contribution in [2.45, 2.75) is 102 Å². The SMILES string of the molecule is CCCCCCCCCC1CCC(c2ccc(OCCC[SiH2]I)cc2)CC1. The summed E-state index contributed by atoms with van der Waals surface area (Å²) in [6.07, 6.45) is 18.5. The highest BCUT2D eigenvalue weighted by Gasteiger charge is 2.22. The first kappa shape index (κ1) is 23.2. The number of rotatable bonds is 14. The fraction of sp³-hybridized carbons (Fsp3) is 0.750. The minimum absolute atomic E-state index is 0.167. The van der Waals surface area contributed by atoms with E-state index in [1.165, 1.54) is 95.1 Å². The summed E-state index contributed by atoms with van der Waals surface area (Å²) in [4.78, 5) is 0. The van der Waals surface area contributed by atoms with Crippen LogP contribution in [0.1, 0.15) is 102 Å². The molecule has 0 radical (unpaired) electrons. The molecule has 27 heavy (non-hydrogen) atoms. The average Bonchev–Trinajstić information content (AvgIpc) is 2.71. The number of unbranched alkanes of at least 4 members (excludes halogenated alkanes) is 6. The molecule has 1 saturated carbocycles. The third-order valence-corrected chi connectivity index (χ3v) is 9.27. The van der Waals surface area contributed by atoms with E-state index in [-0.39, 0.29) is 7.02 Å². The van der Waals surface area contributed by atoms with Crippen LogP contribution in [0.25, 0.3) is 0 Å². The highest BCUT2D eigenvalue weighted by Crippen LogP contribution is 2.38. The predicted octanol–water partition coefficient (Wildman–Crippen LogP) is 7.81. The maximum absolute atomic E-state index is 5.87. The summed E-state index contributed by atoms with van der Waals surface area (Å²) in [5.41, 5.74) is 1.54. The van der Waals surface area contributed by atoms with Crippen molar-refractivity contribution >= 4 is 28.8 Å². The Morgan fingerprint density at radius 1 is 0.889 bits per heavy atom. The van der Waals surface area contributed by atoms with Crippen LogP contribution in [0, 0.1) is 5.92 Å². The lowest BCUT2D eigenvalue weighted by molar-refractivity contribution is 0.301. The first-order valence-corrected chi connectivity index (χ1v) is 17.7. The van der Waals surface area contributed by atoms with Crippen LogP contribution in [0.15, 0.2) is 24.3 Å². The van der Waals surface area contributed by atoms with Gasteiger partial charge in [0.1, 0.15) is 5.75 Å². The van der Waals surface area contributed by atoms with Gasteiger partial charge in [-0.15, -0.1) is 21.8 Å². The molecule has 1 aliphatic carbocycles. The molecule has 0 amide bonds. The third-order valence-electron chi connectivity index (χ3n) is 6.21. The Kier molecular flexibility index (Phi) is 12.8. The molecule has 1 aromatic carbocycles. The Labute approximate surface area is 183 Å². The zero-order valence-corrected chi connectivity index (χ0v) is 21.1. The van der Waals surface area contributed by atoms with Gasteiger partial charge in [-0.1, -0.05) is 76.5 Å². The fourth-order valence-electron chi connectivity index (χ4n) is 4.40. The molecule has 3 heteroatoms. The molecule has 0 unspecified atom stereocenters. The first-order chi connectivity index (χ1) is 13.3. The summed E-state index contributed by atoms with van der Waals surface area (Å²) in [5.74, 6) is 2.84. The number of ether oxygens (including phenoxy) is 1. The summed E-state index contributed by atoms with van der Waals surface area (Å²) in [6, 6.07) is 10.4. The predicted molar refractivity (Wildman–Crippen MR) is 131 cm³/mol. The van der Waals surface area contributed by atoms with Gasteiger partial charge in [0.2, 0.25) is 0 Å². The Morgan fingerprint density at radius 2 is 1.56 bits per heavy atom. The summed E-state index contributed by atoms with van der Waals surface area (Å²) in [7, 11) is 0.167. The average molecular weight is 501 g/mol. The Bertz CT molecular complexity index is 468. The van der Waals surface area contributed by atoms with Gasteiger partial charge in [-0.05, 0) is 61.6 Å². The van der Waals surface area contributed by atoms with E-state index in [0.29, 0.717) is 0 Å². The van der Waals surface area contributed by atoms with Gasteiger partial charge >= 0.3 is 0 Å². The van der Waals surface area contributed by atoms with Gasteiger partial charge in [-0.2, -0.15) is 0 Å². The summed E-state index contributed by atoms with van der Waals surface area (Å²) in [6.45, 7) is 3.19. The van der Waals surface area contributed by atoms with Crippen LogP contribution < -0.4 is 4.74 Å². The van der Waals surface area contributed by atoms with E-state index >= 15 is 0 Å². The van der Waals surface area contributed by atoms with Crippen molar-refractivity contribution in [1.29, 1.82) is 0 Å². The highest BCUT2D eigenvalue weighted by molar-refractivity contribution is 14.1. The maximum Gasteiger partial charge on any atom is 0.119 e. The zero-order chi connectivity index (χ0) is 19.2. The number of halogens is 1. The quantitative estimate of drug-likeness (QED) is 0.110. The van der Waals surface area contributed by atoms with Gasteiger partial charge in [0.25, 0.3) is 0 Å². The molecule has 154 valence electrons. The van der Waals surface area contributed by atoms with Crippen molar-refractivity contribution < 1.29 is 4.74 Å². The number of benzene rings is 1. The Balaban J connectivity index is 1.58. The molecule has 1 nitrogen and oxygen atoms in total. The third kappa shape index (κ3) is 9.82. The lowest BCUT2D eigenvalue weighted by Gasteiger charge is -2.29. The van der Waals surface area contributed by atoms with Crippen LogP contribution in [-0.4, -0.2) is 13.6 Å². The smallest absolute Gasteiger partial charge is 0.119 e. The maximum atomic E-state index is 5.87. The van der Waals surface area contributed by atoms with Gasteiger partial charge < -0.3 is 4.74 Å². The van der Waals surface area contributed by atoms with Crippen LogP contribution in [-0.2, 0) is 0 Å². The van der Waals surface area contributed by atoms with Gasteiger partial charge in [0, 0.05) is 0 Å². The zero-order valence-electron chi connectivity index (χ0n) is 17.6. The molecule has 2 rings (SSSR count). The molecular weight excluding hydrogens is 459 g/mol. The molecule has 1 aromatic rings.